The molecule has 2 saturated heterocycles. The first-order chi connectivity index (χ1) is 36.8. The Morgan fingerprint density at radius 2 is 1.49 bits per heavy atom. The van der Waals surface area contributed by atoms with E-state index >= 15 is 0 Å². The van der Waals surface area contributed by atoms with Gasteiger partial charge in [0.15, 0.2) is 6.29 Å². The Kier molecular flexibility index (Phi) is 26.3. The fourth-order valence-corrected chi connectivity index (χ4v) is 10.0. The first-order valence-electron chi connectivity index (χ1n) is 26.5. The van der Waals surface area contributed by atoms with E-state index < -0.39 is 198 Å². The van der Waals surface area contributed by atoms with Gasteiger partial charge in [0.2, 0.25) is 41.4 Å². The van der Waals surface area contributed by atoms with Crippen molar-refractivity contribution in [2.45, 2.75) is 193 Å². The van der Waals surface area contributed by atoms with E-state index in [4.69, 9.17) is 25.8 Å². The zero-order chi connectivity index (χ0) is 60.1. The van der Waals surface area contributed by atoms with Gasteiger partial charge in [-0.25, -0.2) is 0 Å². The maximum Gasteiger partial charge on any atom is 0.247 e. The standard InChI is InChI=1S/C52H84ClN7O19/c1-13-21(3)37-48(73)54-18-35(67)55-26(8)38(49(74)60-40(51(76)58-37)30-16-32(65)24(6)42(69)36(30)53)59-47(72)27(9)56-50(75)39(28(10)62)57-34(66)17-31(64)22(4)14-20(2)15-23(5)41(68)25(7)45(29(11)63)79-52-44(71)43(70)46(77-12)33(19-61)78-52/h16,20-23,25-29,33,37-41,43-46,52,61-63,65,68-71H,13-15,17-19H2,1-12H3,(H,54,73)(H,55,67)(H,56,75)(H,57,66)(H,58,76)(H,59,72)(H,60,74)/t20?,21-,22?,23-,25-,26+,27-,28+,29+,33+,37-,38+,39+,40+,41-,43+,44+,45-,46+,52-/m0/s1. The molecule has 2 unspecified atom stereocenters. The van der Waals surface area contributed by atoms with Crippen molar-refractivity contribution in [3.8, 4) is 11.5 Å². The second-order valence-electron chi connectivity index (χ2n) is 21.4. The van der Waals surface area contributed by atoms with Crippen LogP contribution in [-0.2, 0) is 52.6 Å². The minimum Gasteiger partial charge on any atom is -0.508 e. The van der Waals surface area contributed by atoms with E-state index in [2.05, 4.69) is 37.2 Å². The van der Waals surface area contributed by atoms with E-state index in [1.807, 2.05) is 6.92 Å². The number of rotatable bonds is 24. The molecule has 0 radical (unpaired) electrons. The van der Waals surface area contributed by atoms with Gasteiger partial charge in [0, 0.05) is 30.1 Å². The monoisotopic (exact) mass is 1150 g/mol. The molecule has 448 valence electrons. The van der Waals surface area contributed by atoms with Crippen LogP contribution < -0.4 is 37.2 Å². The Balaban J connectivity index is 1.69. The number of benzene rings is 1. The topological polar surface area (TPSA) is 410 Å². The maximum absolute atomic E-state index is 14.2. The molecule has 15 N–H and O–H groups in total. The number of ether oxygens (including phenoxy) is 3. The van der Waals surface area contributed by atoms with Crippen LogP contribution in [0.25, 0.3) is 0 Å². The summed E-state index contributed by atoms with van der Waals surface area (Å²) in [6.07, 6.45) is -11.3. The lowest BCUT2D eigenvalue weighted by Crippen LogP contribution is -2.62. The second-order valence-corrected chi connectivity index (χ2v) is 21.7. The summed E-state index contributed by atoms with van der Waals surface area (Å²) in [6, 6.07) is -8.28. The summed E-state index contributed by atoms with van der Waals surface area (Å²) in [7, 11) is 1.28. The summed E-state index contributed by atoms with van der Waals surface area (Å²) in [5, 5.41) is 102. The average Bonchev–Trinajstić information content (AvgIpc) is 3.40. The molecule has 7 amide bonds. The predicted molar refractivity (Wildman–Crippen MR) is 282 cm³/mol. The Labute approximate surface area is 464 Å². The molecule has 0 aliphatic carbocycles. The van der Waals surface area contributed by atoms with Gasteiger partial charge in [-0.3, -0.25) is 38.4 Å². The number of hydrogen-bond acceptors (Lipinski definition) is 19. The van der Waals surface area contributed by atoms with E-state index in [-0.39, 0.29) is 23.5 Å². The number of ketones is 1. The molecular formula is C52H84ClN7O19. The molecule has 27 heteroatoms. The highest BCUT2D eigenvalue weighted by Gasteiger charge is 2.48. The third-order valence-electron chi connectivity index (χ3n) is 14.8. The highest BCUT2D eigenvalue weighted by molar-refractivity contribution is 6.33. The van der Waals surface area contributed by atoms with Gasteiger partial charge in [-0.2, -0.15) is 0 Å². The number of phenolic OH excluding ortho intramolecular Hbond substituents is 2. The van der Waals surface area contributed by atoms with Crippen LogP contribution in [0.5, 0.6) is 11.5 Å². The SMILES string of the molecule is CC[C@H](C)[C@@H]1NC(=O)[C@@H](c2cc(O)c(C)c(O)c2Cl)NC(=O)[C@H](NC(=O)[C@H](C)NC(=O)[C@H](NC(=O)CC(=O)C(C)CC(C)C[C@H](C)[C@H](O)[C@H](C)[C@H](O[C@@H]2O[C@H](CO)[C@@H](OC)[C@H](O)[C@H]2O)[C@@H](C)O)[C@@H](C)O)[C@@H](C)NC(=O)CNC1=O. The number of aromatic hydroxyl groups is 2. The van der Waals surface area contributed by atoms with Gasteiger partial charge in [0.1, 0.15) is 71.9 Å². The van der Waals surface area contributed by atoms with Crippen LogP contribution in [-0.4, -0.2) is 194 Å². The molecule has 2 aliphatic heterocycles. The maximum atomic E-state index is 14.2. The van der Waals surface area contributed by atoms with Gasteiger partial charge in [0.05, 0.1) is 55.1 Å². The molecule has 26 nitrogen and oxygen atoms in total. The van der Waals surface area contributed by atoms with Crippen LogP contribution >= 0.6 is 11.6 Å². The van der Waals surface area contributed by atoms with E-state index in [9.17, 15) is 79.2 Å². The lowest BCUT2D eigenvalue weighted by Gasteiger charge is -2.44. The summed E-state index contributed by atoms with van der Waals surface area (Å²) in [5.41, 5.74) is -0.349. The molecule has 79 heavy (non-hydrogen) atoms. The van der Waals surface area contributed by atoms with Crippen LogP contribution in [0.4, 0.5) is 0 Å². The number of aliphatic hydroxyl groups excluding tert-OH is 6. The number of aliphatic hydroxyl groups is 6. The van der Waals surface area contributed by atoms with Crippen molar-refractivity contribution in [1.29, 1.82) is 0 Å². The fourth-order valence-electron chi connectivity index (χ4n) is 9.70. The lowest BCUT2D eigenvalue weighted by molar-refractivity contribution is -0.325. The third-order valence-corrected chi connectivity index (χ3v) is 15.2. The van der Waals surface area contributed by atoms with Gasteiger partial charge < -0.3 is 92.3 Å². The molecule has 0 saturated carbocycles. The molecule has 1 aromatic rings. The number of methoxy groups -OCH3 is 1. The first kappa shape index (κ1) is 68.0. The minimum absolute atomic E-state index is 0.0501. The quantitative estimate of drug-likeness (QED) is 0.0503. The zero-order valence-corrected chi connectivity index (χ0v) is 47.6. The van der Waals surface area contributed by atoms with Crippen molar-refractivity contribution >= 4 is 58.7 Å². The van der Waals surface area contributed by atoms with Crippen LogP contribution in [0.2, 0.25) is 5.02 Å². The summed E-state index contributed by atoms with van der Waals surface area (Å²) in [4.78, 5) is 109. The number of amides is 7. The molecule has 2 heterocycles. The number of halogens is 1. The molecular weight excluding hydrogens is 1060 g/mol. The van der Waals surface area contributed by atoms with E-state index in [1.165, 1.54) is 41.7 Å². The third kappa shape index (κ3) is 18.1. The summed E-state index contributed by atoms with van der Waals surface area (Å²) < 4.78 is 16.7. The van der Waals surface area contributed by atoms with E-state index in [1.54, 1.807) is 34.6 Å². The van der Waals surface area contributed by atoms with Crippen molar-refractivity contribution in [3.63, 3.8) is 0 Å². The molecule has 0 aromatic heterocycles. The van der Waals surface area contributed by atoms with E-state index in [0.29, 0.717) is 12.8 Å². The predicted octanol–water partition coefficient (Wildman–Crippen LogP) is -1.90. The van der Waals surface area contributed by atoms with Crippen molar-refractivity contribution < 1.29 is 93.4 Å². The largest absolute Gasteiger partial charge is 0.508 e. The van der Waals surface area contributed by atoms with Crippen molar-refractivity contribution in [2.75, 3.05) is 20.3 Å². The smallest absolute Gasteiger partial charge is 0.247 e. The molecule has 0 bridgehead atoms. The van der Waals surface area contributed by atoms with Crippen LogP contribution in [0, 0.1) is 36.5 Å². The number of nitrogens with one attached hydrogen (secondary N) is 7. The Morgan fingerprint density at radius 1 is 0.861 bits per heavy atom. The summed E-state index contributed by atoms with van der Waals surface area (Å²) in [6.45, 7) is 15.5. The molecule has 2 aliphatic rings. The Hall–Kier alpha value is -5.29. The van der Waals surface area contributed by atoms with E-state index in [0.717, 1.165) is 6.07 Å². The molecule has 1 aromatic carbocycles. The van der Waals surface area contributed by atoms with Gasteiger partial charge >= 0.3 is 0 Å². The van der Waals surface area contributed by atoms with Crippen molar-refractivity contribution in [2.24, 2.45) is 29.6 Å². The lowest BCUT2D eigenvalue weighted by atomic mass is 9.80. The summed E-state index contributed by atoms with van der Waals surface area (Å²) >= 11 is 6.47. The first-order valence-corrected chi connectivity index (χ1v) is 26.9. The van der Waals surface area contributed by atoms with Gasteiger partial charge in [-0.05, 0) is 71.3 Å². The second kappa shape index (κ2) is 30.5. The van der Waals surface area contributed by atoms with Gasteiger partial charge in [0.25, 0.3) is 0 Å². The Morgan fingerprint density at radius 3 is 2.06 bits per heavy atom. The van der Waals surface area contributed by atoms with Crippen LogP contribution in [0.3, 0.4) is 0 Å². The summed E-state index contributed by atoms with van der Waals surface area (Å²) in [5.74, 6) is -11.0. The zero-order valence-electron chi connectivity index (χ0n) is 46.8. The molecule has 0 spiro atoms. The number of carbonyl (C=O) groups is 8. The van der Waals surface area contributed by atoms with Gasteiger partial charge in [-0.15, -0.1) is 0 Å². The highest BCUT2D eigenvalue weighted by atomic mass is 35.5. The molecule has 2 fully saturated rings. The fraction of sp³-hybridized carbons (Fsp3) is 0.731. The number of carbonyl (C=O) groups excluding carboxylic acids is 8. The van der Waals surface area contributed by atoms with Crippen molar-refractivity contribution in [3.05, 3.63) is 22.2 Å². The molecule has 3 rings (SSSR count). The normalized spacial score (nSPS) is 27.6. The number of Topliss-reactive ketones (excluding diaryl/α,β-unsaturated/α-hetero) is 1. The van der Waals surface area contributed by atoms with Crippen LogP contribution in [0.1, 0.15) is 112 Å². The molecule has 20 atom stereocenters. The highest BCUT2D eigenvalue weighted by Crippen LogP contribution is 2.40. The average molecular weight is 1150 g/mol. The number of phenols is 2. The van der Waals surface area contributed by atoms with Crippen molar-refractivity contribution in [1.82, 2.24) is 37.2 Å². The minimum atomic E-state index is -1.83. The van der Waals surface area contributed by atoms with Crippen LogP contribution in [0.15, 0.2) is 6.07 Å². The van der Waals surface area contributed by atoms with Gasteiger partial charge in [-0.1, -0.05) is 59.6 Å². The Bertz CT molecular complexity index is 2290. The number of hydrogen-bond donors (Lipinski definition) is 15.